The van der Waals surface area contributed by atoms with Crippen molar-refractivity contribution >= 4 is 23.4 Å². The minimum Gasteiger partial charge on any atom is -0.352 e. The van der Waals surface area contributed by atoms with Crippen LogP contribution in [0.1, 0.15) is 34.8 Å². The number of nitrogens with one attached hydrogen (secondary N) is 3. The minimum absolute atomic E-state index is 0.111. The van der Waals surface area contributed by atoms with Gasteiger partial charge in [-0.1, -0.05) is 12.1 Å². The number of hydrogen-bond acceptors (Lipinski definition) is 5. The number of hydrogen-bond donors (Lipinski definition) is 4. The van der Waals surface area contributed by atoms with Crippen molar-refractivity contribution in [2.45, 2.75) is 24.9 Å². The summed E-state index contributed by atoms with van der Waals surface area (Å²) < 4.78 is 0. The van der Waals surface area contributed by atoms with Crippen molar-refractivity contribution in [1.82, 2.24) is 15.6 Å². The van der Waals surface area contributed by atoms with E-state index in [0.29, 0.717) is 24.1 Å². The molecule has 3 rings (SSSR count). The lowest BCUT2D eigenvalue weighted by Gasteiger charge is -2.16. The first-order valence-electron chi connectivity index (χ1n) is 8.67. The van der Waals surface area contributed by atoms with Crippen LogP contribution in [0.15, 0.2) is 48.8 Å². The highest BCUT2D eigenvalue weighted by atomic mass is 16.2. The summed E-state index contributed by atoms with van der Waals surface area (Å²) in [4.78, 5) is 39.3. The zero-order chi connectivity index (χ0) is 19.2. The lowest BCUT2D eigenvalue weighted by molar-refractivity contribution is -0.125. The van der Waals surface area contributed by atoms with Gasteiger partial charge in [-0.25, -0.2) is 0 Å². The molecule has 0 aliphatic carbocycles. The van der Waals surface area contributed by atoms with Crippen LogP contribution in [0.3, 0.4) is 0 Å². The summed E-state index contributed by atoms with van der Waals surface area (Å²) in [6.07, 6.45) is 4.07. The first-order valence-corrected chi connectivity index (χ1v) is 8.67. The fourth-order valence-corrected chi connectivity index (χ4v) is 2.78. The third kappa shape index (κ3) is 4.89. The molecule has 5 N–H and O–H groups in total. The largest absolute Gasteiger partial charge is 0.352 e. The average molecular weight is 367 g/mol. The van der Waals surface area contributed by atoms with E-state index in [1.54, 1.807) is 48.8 Å². The Hall–Kier alpha value is -3.26. The van der Waals surface area contributed by atoms with Crippen molar-refractivity contribution in [1.29, 1.82) is 0 Å². The fraction of sp³-hybridized carbons (Fsp3) is 0.263. The van der Waals surface area contributed by atoms with Gasteiger partial charge >= 0.3 is 0 Å². The predicted molar refractivity (Wildman–Crippen MR) is 99.7 cm³/mol. The number of pyridine rings is 1. The number of nitrogens with two attached hydrogens (primary N) is 1. The summed E-state index contributed by atoms with van der Waals surface area (Å²) >= 11 is 0. The zero-order valence-electron chi connectivity index (χ0n) is 14.6. The molecule has 1 aromatic carbocycles. The van der Waals surface area contributed by atoms with E-state index in [9.17, 15) is 14.4 Å². The van der Waals surface area contributed by atoms with E-state index in [2.05, 4.69) is 20.9 Å². The van der Waals surface area contributed by atoms with Gasteiger partial charge in [0, 0.05) is 42.7 Å². The molecule has 0 bridgehead atoms. The molecular weight excluding hydrogens is 346 g/mol. The van der Waals surface area contributed by atoms with Gasteiger partial charge in [-0.3, -0.25) is 19.4 Å². The SMILES string of the molecule is NC(CNC(=O)[C@H]1CCC(=O)N1)c1ccc(C(=O)Nc2ccncc2)cc1. The Labute approximate surface area is 156 Å². The Balaban J connectivity index is 1.52. The maximum absolute atomic E-state index is 12.2. The topological polar surface area (TPSA) is 126 Å². The van der Waals surface area contributed by atoms with E-state index in [0.717, 1.165) is 5.56 Å². The molecule has 8 nitrogen and oxygen atoms in total. The smallest absolute Gasteiger partial charge is 0.255 e. The van der Waals surface area contributed by atoms with Gasteiger partial charge in [0.1, 0.15) is 6.04 Å². The number of rotatable bonds is 6. The lowest BCUT2D eigenvalue weighted by atomic mass is 10.0. The maximum atomic E-state index is 12.2. The van der Waals surface area contributed by atoms with Gasteiger partial charge in [-0.15, -0.1) is 0 Å². The van der Waals surface area contributed by atoms with E-state index < -0.39 is 12.1 Å². The monoisotopic (exact) mass is 367 g/mol. The molecule has 2 atom stereocenters. The van der Waals surface area contributed by atoms with Gasteiger partial charge in [0.05, 0.1) is 0 Å². The van der Waals surface area contributed by atoms with Crippen molar-refractivity contribution in [2.24, 2.45) is 5.73 Å². The van der Waals surface area contributed by atoms with E-state index in [1.807, 2.05) is 0 Å². The second-order valence-corrected chi connectivity index (χ2v) is 6.32. The lowest BCUT2D eigenvalue weighted by Crippen LogP contribution is -2.43. The number of benzene rings is 1. The molecular formula is C19H21N5O3. The molecule has 1 aromatic heterocycles. The van der Waals surface area contributed by atoms with Crippen LogP contribution in [0.2, 0.25) is 0 Å². The van der Waals surface area contributed by atoms with Gasteiger partial charge in [-0.2, -0.15) is 0 Å². The van der Waals surface area contributed by atoms with Gasteiger partial charge in [0.15, 0.2) is 0 Å². The Kier molecular flexibility index (Phi) is 5.77. The normalized spacial score (nSPS) is 17.1. The molecule has 0 spiro atoms. The molecule has 2 aromatic rings. The number of carbonyl (C=O) groups is 3. The Morgan fingerprint density at radius 3 is 2.52 bits per heavy atom. The summed E-state index contributed by atoms with van der Waals surface area (Å²) in [6, 6.07) is 9.41. The van der Waals surface area contributed by atoms with Crippen molar-refractivity contribution < 1.29 is 14.4 Å². The summed E-state index contributed by atoms with van der Waals surface area (Å²) in [5.74, 6) is -0.573. The molecule has 1 unspecified atom stereocenters. The van der Waals surface area contributed by atoms with Crippen LogP contribution >= 0.6 is 0 Å². The standard InChI is InChI=1S/C19H21N5O3/c20-15(11-22-19(27)16-5-6-17(25)24-16)12-1-3-13(4-2-12)18(26)23-14-7-9-21-10-8-14/h1-4,7-10,15-16H,5-6,11,20H2,(H,22,27)(H,24,25)(H,21,23,26)/t15?,16-/m1/s1. The highest BCUT2D eigenvalue weighted by molar-refractivity contribution is 6.04. The summed E-state index contributed by atoms with van der Waals surface area (Å²) in [6.45, 7) is 0.244. The van der Waals surface area contributed by atoms with Crippen LogP contribution < -0.4 is 21.7 Å². The predicted octanol–water partition coefficient (Wildman–Crippen LogP) is 0.729. The first-order chi connectivity index (χ1) is 13.0. The summed E-state index contributed by atoms with van der Waals surface area (Å²) in [7, 11) is 0. The van der Waals surface area contributed by atoms with Crippen LogP contribution in [0, 0.1) is 0 Å². The highest BCUT2D eigenvalue weighted by Gasteiger charge is 2.27. The van der Waals surface area contributed by atoms with Crippen LogP contribution in [-0.2, 0) is 9.59 Å². The third-order valence-electron chi connectivity index (χ3n) is 4.35. The molecule has 1 aliphatic heterocycles. The van der Waals surface area contributed by atoms with Gasteiger partial charge in [0.25, 0.3) is 5.91 Å². The van der Waals surface area contributed by atoms with E-state index in [1.165, 1.54) is 0 Å². The third-order valence-corrected chi connectivity index (χ3v) is 4.35. The molecule has 3 amide bonds. The molecule has 0 saturated carbocycles. The van der Waals surface area contributed by atoms with Gasteiger partial charge < -0.3 is 21.7 Å². The summed E-state index contributed by atoms with van der Waals surface area (Å²) in [5.41, 5.74) is 8.07. The Morgan fingerprint density at radius 1 is 1.19 bits per heavy atom. The number of amides is 3. The molecule has 0 radical (unpaired) electrons. The number of aromatic nitrogens is 1. The molecule has 1 aliphatic rings. The average Bonchev–Trinajstić information content (AvgIpc) is 3.13. The van der Waals surface area contributed by atoms with Crippen molar-refractivity contribution in [3.63, 3.8) is 0 Å². The van der Waals surface area contributed by atoms with E-state index in [4.69, 9.17) is 5.73 Å². The number of nitrogens with zero attached hydrogens (tertiary/aromatic N) is 1. The fourth-order valence-electron chi connectivity index (χ4n) is 2.78. The summed E-state index contributed by atoms with van der Waals surface area (Å²) in [5, 5.41) is 8.15. The number of anilines is 1. The van der Waals surface area contributed by atoms with Crippen molar-refractivity contribution in [3.8, 4) is 0 Å². The second kappa shape index (κ2) is 8.41. The molecule has 8 heteroatoms. The quantitative estimate of drug-likeness (QED) is 0.599. The van der Waals surface area contributed by atoms with Crippen LogP contribution in [0.4, 0.5) is 5.69 Å². The minimum atomic E-state index is -0.482. The van der Waals surface area contributed by atoms with Crippen molar-refractivity contribution in [2.75, 3.05) is 11.9 Å². The Morgan fingerprint density at radius 2 is 1.89 bits per heavy atom. The molecule has 1 saturated heterocycles. The van der Waals surface area contributed by atoms with Crippen molar-refractivity contribution in [3.05, 3.63) is 59.9 Å². The molecule has 27 heavy (non-hydrogen) atoms. The maximum Gasteiger partial charge on any atom is 0.255 e. The second-order valence-electron chi connectivity index (χ2n) is 6.32. The van der Waals surface area contributed by atoms with E-state index in [-0.39, 0.29) is 24.3 Å². The number of carbonyl (C=O) groups excluding carboxylic acids is 3. The van der Waals surface area contributed by atoms with Crippen LogP contribution in [0.25, 0.3) is 0 Å². The van der Waals surface area contributed by atoms with Crippen LogP contribution in [-0.4, -0.2) is 35.3 Å². The molecule has 2 heterocycles. The molecule has 1 fully saturated rings. The van der Waals surface area contributed by atoms with Gasteiger partial charge in [-0.05, 0) is 36.2 Å². The Bertz CT molecular complexity index is 823. The van der Waals surface area contributed by atoms with Crippen LogP contribution in [0.5, 0.6) is 0 Å². The zero-order valence-corrected chi connectivity index (χ0v) is 14.6. The van der Waals surface area contributed by atoms with Gasteiger partial charge in [0.2, 0.25) is 11.8 Å². The first kappa shape index (κ1) is 18.5. The van der Waals surface area contributed by atoms with E-state index >= 15 is 0 Å². The highest BCUT2D eigenvalue weighted by Crippen LogP contribution is 2.14. The molecule has 140 valence electrons.